The highest BCUT2D eigenvalue weighted by Gasteiger charge is 2.12. The van der Waals surface area contributed by atoms with Crippen LogP contribution in [0, 0.1) is 25.7 Å². The molecule has 2 aromatic rings. The van der Waals surface area contributed by atoms with Gasteiger partial charge in [-0.3, -0.25) is 4.79 Å². The zero-order chi connectivity index (χ0) is 14.5. The van der Waals surface area contributed by atoms with Crippen molar-refractivity contribution in [1.82, 2.24) is 4.98 Å². The normalized spacial score (nSPS) is 9.75. The van der Waals surface area contributed by atoms with E-state index in [0.717, 1.165) is 22.5 Å². The molecule has 5 heteroatoms. The number of carbonyl (C=O) groups is 1. The lowest BCUT2D eigenvalue weighted by Gasteiger charge is -2.08. The monoisotopic (exact) mass is 285 g/mol. The van der Waals surface area contributed by atoms with Crippen molar-refractivity contribution in [1.29, 1.82) is 0 Å². The maximum Gasteiger partial charge on any atom is 0.267 e. The van der Waals surface area contributed by atoms with Gasteiger partial charge in [0.05, 0.1) is 17.7 Å². The van der Waals surface area contributed by atoms with E-state index in [1.165, 1.54) is 11.3 Å². The molecule has 0 saturated carbocycles. The van der Waals surface area contributed by atoms with Crippen LogP contribution in [0.25, 0.3) is 0 Å². The van der Waals surface area contributed by atoms with Crippen LogP contribution in [0.15, 0.2) is 23.7 Å². The van der Waals surface area contributed by atoms with E-state index >= 15 is 0 Å². The maximum absolute atomic E-state index is 12.2. The van der Waals surface area contributed by atoms with Gasteiger partial charge in [-0.2, -0.15) is 0 Å². The highest BCUT2D eigenvalue weighted by molar-refractivity contribution is 7.12. The summed E-state index contributed by atoms with van der Waals surface area (Å²) in [6, 6.07) is 5.69. The summed E-state index contributed by atoms with van der Waals surface area (Å²) in [5.41, 5.74) is 10.3. The molecule has 0 radical (unpaired) electrons. The van der Waals surface area contributed by atoms with E-state index < -0.39 is 0 Å². The Balaban J connectivity index is 2.25. The number of anilines is 1. The Bertz CT molecular complexity index is 695. The fraction of sp³-hybridized carbons (Fsp3) is 0.200. The molecule has 0 unspecified atom stereocenters. The first kappa shape index (κ1) is 14.3. The third-order valence-corrected chi connectivity index (χ3v) is 3.70. The first-order chi connectivity index (χ1) is 9.61. The molecule has 2 rings (SSSR count). The van der Waals surface area contributed by atoms with Crippen LogP contribution >= 0.6 is 11.3 Å². The van der Waals surface area contributed by atoms with Gasteiger partial charge < -0.3 is 11.1 Å². The van der Waals surface area contributed by atoms with Gasteiger partial charge in [0.25, 0.3) is 5.91 Å². The Labute approximate surface area is 122 Å². The van der Waals surface area contributed by atoms with Crippen LogP contribution in [-0.4, -0.2) is 17.4 Å². The van der Waals surface area contributed by atoms with Gasteiger partial charge in [0.15, 0.2) is 0 Å². The third-order valence-electron chi connectivity index (χ3n) is 2.77. The van der Waals surface area contributed by atoms with E-state index in [2.05, 4.69) is 22.1 Å². The summed E-state index contributed by atoms with van der Waals surface area (Å²) in [5.74, 6) is 5.61. The molecular weight excluding hydrogens is 270 g/mol. The number of amides is 1. The van der Waals surface area contributed by atoms with Crippen LogP contribution in [0.4, 0.5) is 5.69 Å². The first-order valence-electron chi connectivity index (χ1n) is 6.13. The summed E-state index contributed by atoms with van der Waals surface area (Å²) >= 11 is 1.33. The minimum absolute atomic E-state index is 0.142. The van der Waals surface area contributed by atoms with Gasteiger partial charge in [0.2, 0.25) is 0 Å². The Morgan fingerprint density at radius 3 is 2.90 bits per heavy atom. The molecule has 3 N–H and O–H groups in total. The maximum atomic E-state index is 12.2. The van der Waals surface area contributed by atoms with Gasteiger partial charge in [-0.05, 0) is 31.5 Å². The zero-order valence-electron chi connectivity index (χ0n) is 11.4. The lowest BCUT2D eigenvalue weighted by Crippen LogP contribution is -2.12. The third kappa shape index (κ3) is 3.23. The Hall–Kier alpha value is -2.16. The van der Waals surface area contributed by atoms with Crippen LogP contribution in [0.1, 0.15) is 26.5 Å². The Morgan fingerprint density at radius 2 is 2.25 bits per heavy atom. The molecule has 0 fully saturated rings. The average molecular weight is 285 g/mol. The van der Waals surface area contributed by atoms with Crippen molar-refractivity contribution in [3.8, 4) is 11.8 Å². The van der Waals surface area contributed by atoms with Crippen LogP contribution in [-0.2, 0) is 0 Å². The van der Waals surface area contributed by atoms with Crippen LogP contribution in [0.5, 0.6) is 0 Å². The molecule has 0 aliphatic rings. The molecule has 0 spiro atoms. The highest BCUT2D eigenvalue weighted by atomic mass is 32.1. The van der Waals surface area contributed by atoms with Crippen molar-refractivity contribution in [2.75, 3.05) is 11.9 Å². The van der Waals surface area contributed by atoms with Gasteiger partial charge in [-0.1, -0.05) is 17.9 Å². The van der Waals surface area contributed by atoms with E-state index in [1.807, 2.05) is 32.0 Å². The molecule has 0 bridgehead atoms. The SMILES string of the molecule is Cc1ccc(C#CCN)cc1NC(=O)c1scnc1C. The molecule has 20 heavy (non-hydrogen) atoms. The van der Waals surface area contributed by atoms with Crippen molar-refractivity contribution in [3.63, 3.8) is 0 Å². The zero-order valence-corrected chi connectivity index (χ0v) is 12.2. The summed E-state index contributed by atoms with van der Waals surface area (Å²) < 4.78 is 0. The predicted octanol–water partition coefficient (Wildman–Crippen LogP) is 2.32. The second-order valence-electron chi connectivity index (χ2n) is 4.26. The number of rotatable bonds is 2. The van der Waals surface area contributed by atoms with Crippen molar-refractivity contribution < 1.29 is 4.79 Å². The topological polar surface area (TPSA) is 68.0 Å². The van der Waals surface area contributed by atoms with Crippen LogP contribution in [0.3, 0.4) is 0 Å². The highest BCUT2D eigenvalue weighted by Crippen LogP contribution is 2.19. The smallest absolute Gasteiger partial charge is 0.267 e. The molecule has 0 saturated heterocycles. The lowest BCUT2D eigenvalue weighted by molar-refractivity contribution is 0.102. The standard InChI is InChI=1S/C15H15N3OS/c1-10-5-6-12(4-3-7-16)8-13(10)18-15(19)14-11(2)17-9-20-14/h5-6,8-9H,7,16H2,1-2H3,(H,18,19). The Kier molecular flexibility index (Phi) is 4.51. The summed E-state index contributed by atoms with van der Waals surface area (Å²) in [5, 5.41) is 2.90. The van der Waals surface area contributed by atoms with Crippen molar-refractivity contribution in [2.24, 2.45) is 5.73 Å². The van der Waals surface area contributed by atoms with Crippen LogP contribution in [0.2, 0.25) is 0 Å². The molecule has 0 atom stereocenters. The van der Waals surface area contributed by atoms with Gasteiger partial charge in [0, 0.05) is 11.3 Å². The molecule has 1 heterocycles. The number of benzene rings is 1. The molecule has 0 aliphatic heterocycles. The van der Waals surface area contributed by atoms with Crippen molar-refractivity contribution in [2.45, 2.75) is 13.8 Å². The predicted molar refractivity (Wildman–Crippen MR) is 81.9 cm³/mol. The number of thiazole rings is 1. The second-order valence-corrected chi connectivity index (χ2v) is 5.11. The van der Waals surface area contributed by atoms with Gasteiger partial charge in [0.1, 0.15) is 4.88 Å². The quantitative estimate of drug-likeness (QED) is 0.832. The number of nitrogens with one attached hydrogen (secondary N) is 1. The van der Waals surface area contributed by atoms with E-state index in [-0.39, 0.29) is 5.91 Å². The lowest BCUT2D eigenvalue weighted by atomic mass is 10.1. The summed E-state index contributed by atoms with van der Waals surface area (Å²) in [6.07, 6.45) is 0. The molecule has 4 nitrogen and oxygen atoms in total. The Morgan fingerprint density at radius 1 is 1.45 bits per heavy atom. The number of carbonyl (C=O) groups excluding carboxylic acids is 1. The number of hydrogen-bond acceptors (Lipinski definition) is 4. The van der Waals surface area contributed by atoms with Crippen LogP contribution < -0.4 is 11.1 Å². The molecular formula is C15H15N3OS. The molecule has 1 aromatic heterocycles. The first-order valence-corrected chi connectivity index (χ1v) is 7.01. The fourth-order valence-electron chi connectivity index (χ4n) is 1.69. The summed E-state index contributed by atoms with van der Waals surface area (Å²) in [6.45, 7) is 4.08. The largest absolute Gasteiger partial charge is 0.321 e. The van der Waals surface area contributed by atoms with Crippen molar-refractivity contribution in [3.05, 3.63) is 45.4 Å². The number of aromatic nitrogens is 1. The second kappa shape index (κ2) is 6.33. The summed E-state index contributed by atoms with van der Waals surface area (Å²) in [7, 11) is 0. The van der Waals surface area contributed by atoms with E-state index in [1.54, 1.807) is 5.51 Å². The van der Waals surface area contributed by atoms with E-state index in [9.17, 15) is 4.79 Å². The average Bonchev–Trinajstić information content (AvgIpc) is 2.86. The number of nitrogens with two attached hydrogens (primary N) is 1. The minimum Gasteiger partial charge on any atom is -0.321 e. The van der Waals surface area contributed by atoms with E-state index in [0.29, 0.717) is 11.4 Å². The number of aryl methyl sites for hydroxylation is 2. The fourth-order valence-corrected chi connectivity index (χ4v) is 2.38. The molecule has 1 amide bonds. The van der Waals surface area contributed by atoms with Gasteiger partial charge in [-0.15, -0.1) is 11.3 Å². The molecule has 1 aromatic carbocycles. The van der Waals surface area contributed by atoms with Gasteiger partial charge >= 0.3 is 0 Å². The summed E-state index contributed by atoms with van der Waals surface area (Å²) in [4.78, 5) is 16.9. The van der Waals surface area contributed by atoms with Crippen molar-refractivity contribution >= 4 is 22.9 Å². The molecule has 0 aliphatic carbocycles. The number of hydrogen-bond donors (Lipinski definition) is 2. The molecule has 102 valence electrons. The van der Waals surface area contributed by atoms with E-state index in [4.69, 9.17) is 5.73 Å². The van der Waals surface area contributed by atoms with Gasteiger partial charge in [-0.25, -0.2) is 4.98 Å². The minimum atomic E-state index is -0.142. The number of nitrogens with zero attached hydrogens (tertiary/aromatic N) is 1.